The van der Waals surface area contributed by atoms with Gasteiger partial charge in [0.2, 0.25) is 5.91 Å². The number of nitrogens with one attached hydrogen (secondary N) is 1. The van der Waals surface area contributed by atoms with Crippen molar-refractivity contribution in [3.05, 3.63) is 87.8 Å². The Balaban J connectivity index is 1.96. The average Bonchev–Trinajstić information content (AvgIpc) is 3.20. The van der Waals surface area contributed by atoms with Gasteiger partial charge in [-0.05, 0) is 48.0 Å². The first-order valence-electron chi connectivity index (χ1n) is 11.7. The van der Waals surface area contributed by atoms with Gasteiger partial charge in [0.25, 0.3) is 5.92 Å². The largest absolute Gasteiger partial charge is 0.416 e. The number of carbonyl (C=O) groups is 1. The lowest BCUT2D eigenvalue weighted by Gasteiger charge is -2.20. The second-order valence-corrected chi connectivity index (χ2v) is 10.5. The van der Waals surface area contributed by atoms with E-state index in [-0.39, 0.29) is 23.0 Å². The highest BCUT2D eigenvalue weighted by Gasteiger charge is 2.36. The molecule has 0 aliphatic rings. The maximum atomic E-state index is 14.0. The van der Waals surface area contributed by atoms with Crippen LogP contribution in [0, 0.1) is 0 Å². The number of halogens is 6. The highest BCUT2D eigenvalue weighted by Crippen LogP contribution is 2.31. The van der Waals surface area contributed by atoms with Crippen LogP contribution in [0.2, 0.25) is 5.02 Å². The van der Waals surface area contributed by atoms with Gasteiger partial charge < -0.3 is 10.4 Å². The Kier molecular flexibility index (Phi) is 9.94. The van der Waals surface area contributed by atoms with Crippen molar-refractivity contribution in [1.82, 2.24) is 19.7 Å². The van der Waals surface area contributed by atoms with Crippen LogP contribution in [0.5, 0.6) is 0 Å². The number of benzene rings is 2. The third-order valence-corrected chi connectivity index (χ3v) is 6.46. The van der Waals surface area contributed by atoms with Crippen molar-refractivity contribution in [2.24, 2.45) is 5.14 Å². The van der Waals surface area contributed by atoms with Crippen LogP contribution in [-0.4, -0.2) is 52.4 Å². The summed E-state index contributed by atoms with van der Waals surface area (Å²) in [5.74, 6) is -5.07. The first kappa shape index (κ1) is 32.9. The van der Waals surface area contributed by atoms with E-state index in [1.165, 1.54) is 24.3 Å². The van der Waals surface area contributed by atoms with E-state index in [2.05, 4.69) is 21.2 Å². The average molecular weight is 640 g/mol. The first-order valence-corrected chi connectivity index (χ1v) is 13.5. The van der Waals surface area contributed by atoms with Crippen LogP contribution in [0.3, 0.4) is 0 Å². The molecule has 42 heavy (non-hydrogen) atoms. The van der Waals surface area contributed by atoms with Gasteiger partial charge in [0.15, 0.2) is 5.82 Å². The molecule has 11 nitrogen and oxygen atoms in total. The SMILES string of the molecule is C=CC(F)(F)[C@@H](O)Cn1c(-c2ccc(Cl)cc2)nn(CC(=O)NC(COS(N)(=O)=O)c2cccc(C(F)(F)F)c2)c1=O. The molecule has 0 fully saturated rings. The summed E-state index contributed by atoms with van der Waals surface area (Å²) in [5.41, 5.74) is -2.22. The van der Waals surface area contributed by atoms with E-state index in [0.717, 1.165) is 18.2 Å². The molecule has 1 aromatic heterocycles. The predicted octanol–water partition coefficient (Wildman–Crippen LogP) is 2.64. The van der Waals surface area contributed by atoms with E-state index in [4.69, 9.17) is 16.7 Å². The van der Waals surface area contributed by atoms with Crippen LogP contribution in [0.1, 0.15) is 17.2 Å². The van der Waals surface area contributed by atoms with E-state index >= 15 is 0 Å². The molecule has 0 bridgehead atoms. The highest BCUT2D eigenvalue weighted by molar-refractivity contribution is 7.84. The fraction of sp³-hybridized carbons (Fsp3) is 0.292. The first-order chi connectivity index (χ1) is 19.4. The third kappa shape index (κ3) is 8.45. The number of nitrogens with zero attached hydrogens (tertiary/aromatic N) is 3. The molecule has 2 atom stereocenters. The van der Waals surface area contributed by atoms with Gasteiger partial charge in [-0.25, -0.2) is 14.6 Å². The summed E-state index contributed by atoms with van der Waals surface area (Å²) in [6.07, 6.45) is -6.98. The Bertz CT molecular complexity index is 1610. The minimum atomic E-state index is -4.77. The number of amides is 1. The topological polar surface area (TPSA) is 159 Å². The van der Waals surface area contributed by atoms with E-state index < -0.39 is 71.4 Å². The Morgan fingerprint density at radius 2 is 1.83 bits per heavy atom. The van der Waals surface area contributed by atoms with Gasteiger partial charge in [0, 0.05) is 10.6 Å². The summed E-state index contributed by atoms with van der Waals surface area (Å²) in [7, 11) is -4.57. The number of hydrogen-bond acceptors (Lipinski definition) is 7. The molecule has 3 aromatic rings. The van der Waals surface area contributed by atoms with Gasteiger partial charge in [0.1, 0.15) is 12.6 Å². The number of aromatic nitrogens is 3. The summed E-state index contributed by atoms with van der Waals surface area (Å²) in [6, 6.07) is 7.70. The number of alkyl halides is 5. The van der Waals surface area contributed by atoms with Crippen LogP contribution in [0.25, 0.3) is 11.4 Å². The monoisotopic (exact) mass is 639 g/mol. The third-order valence-electron chi connectivity index (χ3n) is 5.74. The summed E-state index contributed by atoms with van der Waals surface area (Å²) in [4.78, 5) is 26.0. The van der Waals surface area contributed by atoms with Crippen molar-refractivity contribution in [3.8, 4) is 11.4 Å². The molecule has 18 heteroatoms. The maximum absolute atomic E-state index is 14.0. The zero-order chi connectivity index (χ0) is 31.5. The molecular weight excluding hydrogens is 617 g/mol. The normalized spacial score (nSPS) is 13.9. The Morgan fingerprint density at radius 1 is 1.19 bits per heavy atom. The van der Waals surface area contributed by atoms with Gasteiger partial charge in [-0.15, -0.1) is 5.10 Å². The van der Waals surface area contributed by atoms with Gasteiger partial charge >= 0.3 is 22.2 Å². The van der Waals surface area contributed by atoms with Gasteiger partial charge in [-0.1, -0.05) is 30.3 Å². The van der Waals surface area contributed by atoms with Crippen LogP contribution in [0.15, 0.2) is 66.0 Å². The summed E-state index contributed by atoms with van der Waals surface area (Å²) < 4.78 is 96.0. The van der Waals surface area contributed by atoms with E-state index in [0.29, 0.717) is 20.3 Å². The number of aliphatic hydroxyl groups excluding tert-OH is 1. The molecule has 0 aliphatic heterocycles. The van der Waals surface area contributed by atoms with E-state index in [9.17, 15) is 45.1 Å². The quantitative estimate of drug-likeness (QED) is 0.203. The summed E-state index contributed by atoms with van der Waals surface area (Å²) >= 11 is 5.88. The number of rotatable bonds is 12. The van der Waals surface area contributed by atoms with Gasteiger partial charge in [-0.3, -0.25) is 13.5 Å². The van der Waals surface area contributed by atoms with Crippen LogP contribution >= 0.6 is 11.6 Å². The summed E-state index contributed by atoms with van der Waals surface area (Å²) in [6.45, 7) is 0.178. The lowest BCUT2D eigenvalue weighted by Crippen LogP contribution is -2.40. The van der Waals surface area contributed by atoms with Crippen molar-refractivity contribution >= 4 is 27.8 Å². The van der Waals surface area contributed by atoms with Gasteiger partial charge in [0.05, 0.1) is 24.8 Å². The Hall–Kier alpha value is -3.64. The van der Waals surface area contributed by atoms with E-state index in [1.54, 1.807) is 0 Å². The molecule has 0 spiro atoms. The van der Waals surface area contributed by atoms with Crippen molar-refractivity contribution < 1.29 is 44.5 Å². The van der Waals surface area contributed by atoms with Gasteiger partial charge in [-0.2, -0.15) is 30.4 Å². The lowest BCUT2D eigenvalue weighted by atomic mass is 10.0. The second-order valence-electron chi connectivity index (χ2n) is 8.80. The standard InChI is InChI=1S/C24H23ClF5N5O6S/c1-2-23(26,27)19(36)11-34-21(14-6-8-17(25)9-7-14)33-35(22(34)38)12-20(37)32-18(13-41-42(31,39)40)15-4-3-5-16(10-15)24(28,29)30/h2-10,18-19,36H,1,11-13H2,(H,32,37)(H2,31,39,40)/t18?,19-/m0/s1. The molecule has 0 saturated carbocycles. The Labute approximate surface area is 240 Å². The van der Waals surface area contributed by atoms with Crippen molar-refractivity contribution in [2.75, 3.05) is 6.61 Å². The molecule has 1 amide bonds. The molecule has 2 aromatic carbocycles. The number of nitrogens with two attached hydrogens (primary N) is 1. The number of carbonyl (C=O) groups excluding carboxylic acids is 1. The fourth-order valence-corrected chi connectivity index (χ4v) is 4.10. The predicted molar refractivity (Wildman–Crippen MR) is 139 cm³/mol. The highest BCUT2D eigenvalue weighted by atomic mass is 35.5. The zero-order valence-corrected chi connectivity index (χ0v) is 22.8. The molecule has 0 radical (unpaired) electrons. The maximum Gasteiger partial charge on any atom is 0.416 e. The molecule has 1 heterocycles. The lowest BCUT2D eigenvalue weighted by molar-refractivity contribution is -0.137. The molecular formula is C24H23ClF5N5O6S. The molecule has 3 rings (SSSR count). The van der Waals surface area contributed by atoms with Crippen LogP contribution in [0.4, 0.5) is 22.0 Å². The molecule has 0 saturated heterocycles. The van der Waals surface area contributed by atoms with Crippen molar-refractivity contribution in [2.45, 2.75) is 37.3 Å². The number of hydrogen-bond donors (Lipinski definition) is 3. The van der Waals surface area contributed by atoms with Crippen LogP contribution in [-0.2, 0) is 38.5 Å². The fourth-order valence-electron chi connectivity index (χ4n) is 3.64. The van der Waals surface area contributed by atoms with Crippen molar-refractivity contribution in [3.63, 3.8) is 0 Å². The molecule has 4 N–H and O–H groups in total. The second kappa shape index (κ2) is 12.7. The minimum absolute atomic E-state index is 0.195. The Morgan fingerprint density at radius 3 is 2.40 bits per heavy atom. The van der Waals surface area contributed by atoms with Crippen LogP contribution < -0.4 is 16.1 Å². The molecule has 228 valence electrons. The minimum Gasteiger partial charge on any atom is -0.385 e. The van der Waals surface area contributed by atoms with E-state index in [1.807, 2.05) is 0 Å². The number of aliphatic hydroxyl groups is 1. The molecule has 1 unspecified atom stereocenters. The van der Waals surface area contributed by atoms with Crippen molar-refractivity contribution in [1.29, 1.82) is 0 Å². The zero-order valence-electron chi connectivity index (χ0n) is 21.3. The molecule has 0 aliphatic carbocycles. The smallest absolute Gasteiger partial charge is 0.385 e. The summed E-state index contributed by atoms with van der Waals surface area (Å²) in [5, 5.41) is 21.4.